The zero-order valence-electron chi connectivity index (χ0n) is 13.0. The molecule has 0 aliphatic carbocycles. The second-order valence-corrected chi connectivity index (χ2v) is 3.41. The fourth-order valence-electron chi connectivity index (χ4n) is 1.12. The summed E-state index contributed by atoms with van der Waals surface area (Å²) in [5, 5.41) is 2.48. The van der Waals surface area contributed by atoms with Gasteiger partial charge in [0.25, 0.3) is 5.91 Å². The highest BCUT2D eigenvalue weighted by Gasteiger charge is 2.19. The summed E-state index contributed by atoms with van der Waals surface area (Å²) in [6, 6.07) is 0. The van der Waals surface area contributed by atoms with Crippen molar-refractivity contribution in [1.82, 2.24) is 5.32 Å². The summed E-state index contributed by atoms with van der Waals surface area (Å²) < 4.78 is 0. The largest absolute Gasteiger partial charge is 0.346 e. The van der Waals surface area contributed by atoms with E-state index in [4.69, 9.17) is 0 Å². The summed E-state index contributed by atoms with van der Waals surface area (Å²) in [6.45, 7) is 15.7. The number of hydrogen-bond donors (Lipinski definition) is 1. The van der Waals surface area contributed by atoms with Crippen LogP contribution in [-0.2, 0) is 9.59 Å². The van der Waals surface area contributed by atoms with Crippen LogP contribution in [0, 0.1) is 5.92 Å². The first kappa shape index (κ1) is 22.1. The summed E-state index contributed by atoms with van der Waals surface area (Å²) in [6.07, 6.45) is 4.38. The minimum atomic E-state index is -0.492. The molecule has 1 atom stereocenters. The molecule has 0 saturated carbocycles. The molecule has 18 heavy (non-hydrogen) atoms. The Bertz CT molecular complexity index is 213. The highest BCUT2D eigenvalue weighted by molar-refractivity contribution is 6.36. The highest BCUT2D eigenvalue weighted by Crippen LogP contribution is 2.08. The highest BCUT2D eigenvalue weighted by atomic mass is 16.2. The molecule has 0 bridgehead atoms. The molecule has 0 aliphatic heterocycles. The fourth-order valence-corrected chi connectivity index (χ4v) is 1.12. The van der Waals surface area contributed by atoms with Crippen LogP contribution in [0.4, 0.5) is 0 Å². The predicted octanol–water partition coefficient (Wildman–Crippen LogP) is 3.74. The minimum Gasteiger partial charge on any atom is -0.346 e. The standard InChI is InChI=1S/C11H19NO2.2C2H6/c1-4-6-7-9(3)10(13)11(14)12-8-5-2;2*1-2/h5,9H,2,4,6-8H2,1,3H3,(H,12,14);2*1-2H3/t9-;;/m0../s1. The molecule has 0 rings (SSSR count). The average molecular weight is 257 g/mol. The van der Waals surface area contributed by atoms with E-state index in [0.29, 0.717) is 6.54 Å². The van der Waals surface area contributed by atoms with Gasteiger partial charge in [0.05, 0.1) is 0 Å². The topological polar surface area (TPSA) is 46.2 Å². The van der Waals surface area contributed by atoms with Crippen molar-refractivity contribution in [3.63, 3.8) is 0 Å². The number of amides is 1. The van der Waals surface area contributed by atoms with Crippen LogP contribution in [0.1, 0.15) is 60.8 Å². The smallest absolute Gasteiger partial charge is 0.287 e. The lowest BCUT2D eigenvalue weighted by atomic mass is 9.99. The van der Waals surface area contributed by atoms with Crippen molar-refractivity contribution in [2.75, 3.05) is 6.54 Å². The van der Waals surface area contributed by atoms with E-state index in [2.05, 4.69) is 18.8 Å². The summed E-state index contributed by atoms with van der Waals surface area (Å²) in [5.41, 5.74) is 0. The van der Waals surface area contributed by atoms with E-state index in [1.165, 1.54) is 0 Å². The monoisotopic (exact) mass is 257 g/mol. The molecular weight excluding hydrogens is 226 g/mol. The molecule has 0 aliphatic rings. The normalized spacial score (nSPS) is 9.89. The quantitative estimate of drug-likeness (QED) is 0.558. The molecule has 0 aromatic carbocycles. The molecule has 0 fully saturated rings. The molecule has 108 valence electrons. The Morgan fingerprint density at radius 1 is 1.22 bits per heavy atom. The van der Waals surface area contributed by atoms with Crippen molar-refractivity contribution in [2.24, 2.45) is 5.92 Å². The molecule has 3 heteroatoms. The Kier molecular flexibility index (Phi) is 22.4. The molecule has 1 N–H and O–H groups in total. The zero-order chi connectivity index (χ0) is 15.0. The molecule has 0 saturated heterocycles. The first-order valence-corrected chi connectivity index (χ1v) is 7.06. The van der Waals surface area contributed by atoms with Gasteiger partial charge >= 0.3 is 0 Å². The Morgan fingerprint density at radius 3 is 2.11 bits per heavy atom. The summed E-state index contributed by atoms with van der Waals surface area (Å²) in [4.78, 5) is 22.6. The Balaban J connectivity index is -0.000000506. The molecule has 3 nitrogen and oxygen atoms in total. The van der Waals surface area contributed by atoms with Crippen molar-refractivity contribution in [3.8, 4) is 0 Å². The lowest BCUT2D eigenvalue weighted by Crippen LogP contribution is -2.34. The van der Waals surface area contributed by atoms with Crippen molar-refractivity contribution in [1.29, 1.82) is 0 Å². The van der Waals surface area contributed by atoms with Gasteiger partial charge in [-0.15, -0.1) is 6.58 Å². The molecule has 0 radical (unpaired) electrons. The van der Waals surface area contributed by atoms with Gasteiger partial charge in [0.1, 0.15) is 0 Å². The lowest BCUT2D eigenvalue weighted by Gasteiger charge is -2.08. The number of hydrogen-bond acceptors (Lipinski definition) is 2. The van der Waals surface area contributed by atoms with Crippen molar-refractivity contribution in [3.05, 3.63) is 12.7 Å². The van der Waals surface area contributed by atoms with Crippen LogP contribution in [-0.4, -0.2) is 18.2 Å². The van der Waals surface area contributed by atoms with E-state index in [1.54, 1.807) is 13.0 Å². The van der Waals surface area contributed by atoms with E-state index in [9.17, 15) is 9.59 Å². The molecular formula is C15H31NO2. The SMILES string of the molecule is C=CCNC(=O)C(=O)[C@@H](C)CCCC.CC.CC. The van der Waals surface area contributed by atoms with Crippen LogP contribution < -0.4 is 5.32 Å². The van der Waals surface area contributed by atoms with Crippen LogP contribution in [0.15, 0.2) is 12.7 Å². The number of ketones is 1. The van der Waals surface area contributed by atoms with E-state index in [-0.39, 0.29) is 11.7 Å². The predicted molar refractivity (Wildman–Crippen MR) is 79.6 cm³/mol. The van der Waals surface area contributed by atoms with Crippen LogP contribution >= 0.6 is 0 Å². The Morgan fingerprint density at radius 2 is 1.72 bits per heavy atom. The van der Waals surface area contributed by atoms with E-state index in [1.807, 2.05) is 27.7 Å². The van der Waals surface area contributed by atoms with Gasteiger partial charge in [-0.05, 0) is 6.42 Å². The average Bonchev–Trinajstić information content (AvgIpc) is 2.45. The molecule has 1 amide bonds. The molecule has 0 aromatic heterocycles. The van der Waals surface area contributed by atoms with Gasteiger partial charge in [-0.2, -0.15) is 0 Å². The lowest BCUT2D eigenvalue weighted by molar-refractivity contribution is -0.139. The number of rotatable bonds is 7. The second-order valence-electron chi connectivity index (χ2n) is 3.41. The third-order valence-electron chi connectivity index (χ3n) is 2.07. The van der Waals surface area contributed by atoms with Gasteiger partial charge in [0, 0.05) is 12.5 Å². The van der Waals surface area contributed by atoms with E-state index >= 15 is 0 Å². The molecule has 0 heterocycles. The van der Waals surface area contributed by atoms with Gasteiger partial charge in [-0.1, -0.05) is 60.5 Å². The van der Waals surface area contributed by atoms with Crippen LogP contribution in [0.2, 0.25) is 0 Å². The van der Waals surface area contributed by atoms with Gasteiger partial charge in [-0.3, -0.25) is 9.59 Å². The van der Waals surface area contributed by atoms with Crippen LogP contribution in [0.3, 0.4) is 0 Å². The van der Waals surface area contributed by atoms with E-state index < -0.39 is 5.91 Å². The number of nitrogens with one attached hydrogen (secondary N) is 1. The minimum absolute atomic E-state index is 0.167. The molecule has 0 aromatic rings. The zero-order valence-corrected chi connectivity index (χ0v) is 13.0. The third kappa shape index (κ3) is 12.9. The van der Waals surface area contributed by atoms with Crippen LogP contribution in [0.5, 0.6) is 0 Å². The van der Waals surface area contributed by atoms with Crippen molar-refractivity contribution < 1.29 is 9.59 Å². The number of carbonyl (C=O) groups is 2. The first-order chi connectivity index (χ1) is 8.63. The van der Waals surface area contributed by atoms with Crippen LogP contribution in [0.25, 0.3) is 0 Å². The summed E-state index contributed by atoms with van der Waals surface area (Å²) >= 11 is 0. The maximum atomic E-state index is 11.4. The number of carbonyl (C=O) groups excluding carboxylic acids is 2. The second kappa shape index (κ2) is 18.3. The van der Waals surface area contributed by atoms with Crippen molar-refractivity contribution >= 4 is 11.7 Å². The van der Waals surface area contributed by atoms with Gasteiger partial charge < -0.3 is 5.32 Å². The molecule has 0 unspecified atom stereocenters. The van der Waals surface area contributed by atoms with Gasteiger partial charge in [0.15, 0.2) is 0 Å². The fraction of sp³-hybridized carbons (Fsp3) is 0.733. The Labute approximate surface area is 113 Å². The Hall–Kier alpha value is -1.12. The number of unbranched alkanes of at least 4 members (excludes halogenated alkanes) is 1. The maximum absolute atomic E-state index is 11.4. The molecule has 0 spiro atoms. The first-order valence-electron chi connectivity index (χ1n) is 7.06. The van der Waals surface area contributed by atoms with Crippen molar-refractivity contribution in [2.45, 2.75) is 60.8 Å². The van der Waals surface area contributed by atoms with Gasteiger partial charge in [-0.25, -0.2) is 0 Å². The maximum Gasteiger partial charge on any atom is 0.287 e. The summed E-state index contributed by atoms with van der Waals surface area (Å²) in [5.74, 6) is -0.978. The summed E-state index contributed by atoms with van der Waals surface area (Å²) in [7, 11) is 0. The van der Waals surface area contributed by atoms with E-state index in [0.717, 1.165) is 19.3 Å². The third-order valence-corrected chi connectivity index (χ3v) is 2.07. The van der Waals surface area contributed by atoms with Gasteiger partial charge in [0.2, 0.25) is 5.78 Å². The number of Topliss-reactive ketones (excluding diaryl/α,β-unsaturated/α-hetero) is 1.